The highest BCUT2D eigenvalue weighted by Gasteiger charge is 2.27. The van der Waals surface area contributed by atoms with Gasteiger partial charge in [-0.1, -0.05) is 0 Å². The van der Waals surface area contributed by atoms with E-state index in [2.05, 4.69) is 15.3 Å². The number of aromatic nitrogens is 2. The lowest BCUT2D eigenvalue weighted by molar-refractivity contribution is -0.139. The summed E-state index contributed by atoms with van der Waals surface area (Å²) < 4.78 is 40.7. The Balaban J connectivity index is 1.78. The van der Waals surface area contributed by atoms with Gasteiger partial charge in [-0.2, -0.15) is 13.2 Å². The summed E-state index contributed by atoms with van der Waals surface area (Å²) in [5, 5.41) is 3.24. The molecule has 1 heterocycles. The number of hydrogen-bond acceptors (Lipinski definition) is 4. The maximum atomic E-state index is 11.9. The number of halogens is 3. The first-order valence-corrected chi connectivity index (χ1v) is 5.77. The van der Waals surface area contributed by atoms with Gasteiger partial charge in [0.15, 0.2) is 0 Å². The normalized spacial score (nSPS) is 15.7. The third kappa shape index (κ3) is 4.87. The predicted molar refractivity (Wildman–Crippen MR) is 58.1 cm³/mol. The molecule has 4 nitrogen and oxygen atoms in total. The van der Waals surface area contributed by atoms with E-state index in [1.54, 1.807) is 6.20 Å². The Morgan fingerprint density at radius 1 is 1.33 bits per heavy atom. The molecular weight excluding hydrogens is 247 g/mol. The van der Waals surface area contributed by atoms with E-state index < -0.39 is 19.2 Å². The quantitative estimate of drug-likeness (QED) is 0.851. The molecule has 1 aromatic rings. The van der Waals surface area contributed by atoms with Gasteiger partial charge < -0.3 is 10.1 Å². The minimum absolute atomic E-state index is 0.134. The lowest BCUT2D eigenvalue weighted by Gasteiger charge is -2.08. The minimum atomic E-state index is -4.21. The fraction of sp³-hybridized carbons (Fsp3) is 0.636. The molecule has 0 bridgehead atoms. The molecule has 2 rings (SSSR count). The molecule has 100 valence electrons. The summed E-state index contributed by atoms with van der Waals surface area (Å²) in [4.78, 5) is 7.97. The van der Waals surface area contributed by atoms with Crippen LogP contribution < -0.4 is 10.1 Å². The Morgan fingerprint density at radius 2 is 2.11 bits per heavy atom. The first-order chi connectivity index (χ1) is 8.53. The zero-order chi connectivity index (χ0) is 13.0. The number of rotatable bonds is 6. The van der Waals surface area contributed by atoms with E-state index >= 15 is 0 Å². The molecule has 18 heavy (non-hydrogen) atoms. The van der Waals surface area contributed by atoms with Gasteiger partial charge in [-0.05, 0) is 12.8 Å². The predicted octanol–water partition coefficient (Wildman–Crippen LogP) is 2.06. The van der Waals surface area contributed by atoms with Crippen molar-refractivity contribution in [3.8, 4) is 5.88 Å². The Labute approximate surface area is 103 Å². The summed E-state index contributed by atoms with van der Waals surface area (Å²) in [6.07, 6.45) is 0.0190. The van der Waals surface area contributed by atoms with Gasteiger partial charge in [0.2, 0.25) is 5.88 Å². The number of nitrogens with zero attached hydrogens (tertiary/aromatic N) is 2. The molecule has 1 fully saturated rings. The van der Waals surface area contributed by atoms with Gasteiger partial charge >= 0.3 is 6.18 Å². The van der Waals surface area contributed by atoms with Crippen molar-refractivity contribution in [1.29, 1.82) is 0 Å². The lowest BCUT2D eigenvalue weighted by atomic mass is 10.4. The summed E-state index contributed by atoms with van der Waals surface area (Å²) >= 11 is 0. The molecular formula is C11H14F3N3O. The lowest BCUT2D eigenvalue weighted by Crippen LogP contribution is -2.17. The van der Waals surface area contributed by atoms with Crippen LogP contribution in [0.3, 0.4) is 0 Å². The van der Waals surface area contributed by atoms with Crippen molar-refractivity contribution >= 4 is 0 Å². The van der Waals surface area contributed by atoms with Crippen molar-refractivity contribution in [2.24, 2.45) is 0 Å². The maximum absolute atomic E-state index is 11.9. The second-order valence-electron chi connectivity index (χ2n) is 4.22. The maximum Gasteiger partial charge on any atom is 0.392 e. The molecule has 0 spiro atoms. The first kappa shape index (κ1) is 13.1. The van der Waals surface area contributed by atoms with Crippen LogP contribution in [0, 0.1) is 0 Å². The second kappa shape index (κ2) is 5.51. The average molecular weight is 261 g/mol. The van der Waals surface area contributed by atoms with Crippen LogP contribution in [0.4, 0.5) is 13.2 Å². The van der Waals surface area contributed by atoms with E-state index in [4.69, 9.17) is 4.74 Å². The van der Waals surface area contributed by atoms with Gasteiger partial charge in [0.1, 0.15) is 0 Å². The molecule has 0 aliphatic heterocycles. The van der Waals surface area contributed by atoms with Gasteiger partial charge in [0.05, 0.1) is 24.9 Å². The van der Waals surface area contributed by atoms with E-state index in [0.717, 1.165) is 12.8 Å². The molecule has 7 heteroatoms. The fourth-order valence-corrected chi connectivity index (χ4v) is 1.35. The summed E-state index contributed by atoms with van der Waals surface area (Å²) in [6, 6.07) is 0.543. The molecule has 0 amide bonds. The van der Waals surface area contributed by atoms with Crippen LogP contribution in [0.2, 0.25) is 0 Å². The number of alkyl halides is 3. The van der Waals surface area contributed by atoms with E-state index in [1.165, 1.54) is 6.20 Å². The van der Waals surface area contributed by atoms with Crippen molar-refractivity contribution in [3.05, 3.63) is 18.1 Å². The molecule has 0 unspecified atom stereocenters. The third-order valence-electron chi connectivity index (χ3n) is 2.45. The largest absolute Gasteiger partial charge is 0.476 e. The molecule has 1 saturated carbocycles. The first-order valence-electron chi connectivity index (χ1n) is 5.77. The Hall–Kier alpha value is -1.37. The second-order valence-corrected chi connectivity index (χ2v) is 4.22. The summed E-state index contributed by atoms with van der Waals surface area (Å²) in [6.45, 7) is 0.131. The van der Waals surface area contributed by atoms with Crippen LogP contribution in [0.15, 0.2) is 12.4 Å². The van der Waals surface area contributed by atoms with Crippen LogP contribution in [0.25, 0.3) is 0 Å². The number of ether oxygens (including phenoxy) is 1. The summed E-state index contributed by atoms with van der Waals surface area (Å²) in [5.41, 5.74) is 0.673. The zero-order valence-electron chi connectivity index (χ0n) is 9.70. The smallest absolute Gasteiger partial charge is 0.392 e. The monoisotopic (exact) mass is 261 g/mol. The highest BCUT2D eigenvalue weighted by atomic mass is 19.4. The molecule has 1 aliphatic rings. The Bertz CT molecular complexity index is 393. The summed E-state index contributed by atoms with van der Waals surface area (Å²) in [5.74, 6) is 0.134. The van der Waals surface area contributed by atoms with Gasteiger partial charge in [-0.3, -0.25) is 4.98 Å². The molecule has 0 atom stereocenters. The minimum Gasteiger partial charge on any atom is -0.476 e. The molecule has 1 N–H and O–H groups in total. The molecule has 0 radical (unpaired) electrons. The van der Waals surface area contributed by atoms with Crippen LogP contribution in [-0.2, 0) is 6.54 Å². The van der Waals surface area contributed by atoms with Crippen molar-refractivity contribution < 1.29 is 17.9 Å². The van der Waals surface area contributed by atoms with E-state index in [9.17, 15) is 13.2 Å². The number of hydrogen-bond donors (Lipinski definition) is 1. The highest BCUT2D eigenvalue weighted by Crippen LogP contribution is 2.20. The van der Waals surface area contributed by atoms with Crippen molar-refractivity contribution in [2.45, 2.75) is 38.0 Å². The average Bonchev–Trinajstić information content (AvgIpc) is 3.09. The van der Waals surface area contributed by atoms with Gasteiger partial charge in [-0.15, -0.1) is 0 Å². The van der Waals surface area contributed by atoms with Crippen LogP contribution in [0.5, 0.6) is 5.88 Å². The van der Waals surface area contributed by atoms with Gasteiger partial charge in [0, 0.05) is 18.8 Å². The Kier molecular flexibility index (Phi) is 4.00. The van der Waals surface area contributed by atoms with E-state index in [1.807, 2.05) is 0 Å². The topological polar surface area (TPSA) is 47.0 Å². The zero-order valence-corrected chi connectivity index (χ0v) is 9.70. The molecule has 0 saturated heterocycles. The molecule has 1 aliphatic carbocycles. The van der Waals surface area contributed by atoms with Gasteiger partial charge in [0.25, 0.3) is 0 Å². The van der Waals surface area contributed by atoms with Crippen molar-refractivity contribution in [3.63, 3.8) is 0 Å². The van der Waals surface area contributed by atoms with Crippen molar-refractivity contribution in [1.82, 2.24) is 15.3 Å². The number of nitrogens with one attached hydrogen (secondary N) is 1. The Morgan fingerprint density at radius 3 is 2.78 bits per heavy atom. The standard InChI is InChI=1S/C11H14F3N3O/c12-11(13,14)3-4-18-10-7-15-5-9(17-10)6-16-8-1-2-8/h5,7-8,16H,1-4,6H2. The van der Waals surface area contributed by atoms with Gasteiger partial charge in [-0.25, -0.2) is 4.98 Å². The van der Waals surface area contributed by atoms with Crippen LogP contribution in [-0.4, -0.2) is 28.8 Å². The van der Waals surface area contributed by atoms with E-state index in [0.29, 0.717) is 18.3 Å². The molecule has 1 aromatic heterocycles. The van der Waals surface area contributed by atoms with Crippen molar-refractivity contribution in [2.75, 3.05) is 6.61 Å². The summed E-state index contributed by atoms with van der Waals surface area (Å²) in [7, 11) is 0. The van der Waals surface area contributed by atoms with E-state index in [-0.39, 0.29) is 5.88 Å². The third-order valence-corrected chi connectivity index (χ3v) is 2.45. The fourth-order valence-electron chi connectivity index (χ4n) is 1.35. The molecule has 0 aromatic carbocycles. The van der Waals surface area contributed by atoms with Crippen LogP contribution >= 0.6 is 0 Å². The van der Waals surface area contributed by atoms with Crippen LogP contribution in [0.1, 0.15) is 25.0 Å². The SMILES string of the molecule is FC(F)(F)CCOc1cncc(CNC2CC2)n1. The highest BCUT2D eigenvalue weighted by molar-refractivity contribution is 5.08.